The number of carbonyl (C=O) groups is 1. The van der Waals surface area contributed by atoms with Crippen molar-refractivity contribution < 1.29 is 4.79 Å². The van der Waals surface area contributed by atoms with Crippen LogP contribution in [0.1, 0.15) is 57.8 Å². The molecule has 0 bridgehead atoms. The zero-order chi connectivity index (χ0) is 12.1. The number of hydrogen-bond acceptors (Lipinski definition) is 2. The molecule has 3 N–H and O–H groups in total. The van der Waals surface area contributed by atoms with Crippen molar-refractivity contribution in [3.8, 4) is 0 Å². The summed E-state index contributed by atoms with van der Waals surface area (Å²) in [6, 6.07) is 0.189. The van der Waals surface area contributed by atoms with E-state index in [2.05, 4.69) is 5.32 Å². The van der Waals surface area contributed by atoms with Gasteiger partial charge in [-0.25, -0.2) is 0 Å². The van der Waals surface area contributed by atoms with Gasteiger partial charge in [0.25, 0.3) is 0 Å². The van der Waals surface area contributed by atoms with Crippen LogP contribution in [0.15, 0.2) is 0 Å². The fourth-order valence-corrected chi connectivity index (χ4v) is 2.86. The van der Waals surface area contributed by atoms with Gasteiger partial charge in [-0.1, -0.05) is 25.7 Å². The number of amides is 1. The van der Waals surface area contributed by atoms with Crippen LogP contribution in [0.4, 0.5) is 0 Å². The van der Waals surface area contributed by atoms with Crippen LogP contribution in [0.5, 0.6) is 0 Å². The highest BCUT2D eigenvalue weighted by Gasteiger charge is 2.28. The third kappa shape index (κ3) is 4.66. The average Bonchev–Trinajstić information content (AvgIpc) is 3.05. The first-order valence-electron chi connectivity index (χ1n) is 7.28. The van der Waals surface area contributed by atoms with Crippen molar-refractivity contribution in [2.75, 3.05) is 6.54 Å². The molecule has 2 aliphatic carbocycles. The first-order chi connectivity index (χ1) is 8.25. The van der Waals surface area contributed by atoms with Crippen molar-refractivity contribution in [3.05, 3.63) is 0 Å². The maximum Gasteiger partial charge on any atom is 0.220 e. The Morgan fingerprint density at radius 1 is 1.24 bits per heavy atom. The minimum Gasteiger partial charge on any atom is -0.355 e. The summed E-state index contributed by atoms with van der Waals surface area (Å²) in [6.45, 7) is 0.674. The highest BCUT2D eigenvalue weighted by atomic mass is 16.1. The van der Waals surface area contributed by atoms with Crippen LogP contribution in [0, 0.1) is 11.8 Å². The molecule has 2 saturated carbocycles. The molecule has 1 unspecified atom stereocenters. The van der Waals surface area contributed by atoms with Gasteiger partial charge in [-0.15, -0.1) is 0 Å². The van der Waals surface area contributed by atoms with Crippen LogP contribution in [0.2, 0.25) is 0 Å². The predicted molar refractivity (Wildman–Crippen MR) is 69.5 cm³/mol. The van der Waals surface area contributed by atoms with Crippen molar-refractivity contribution in [3.63, 3.8) is 0 Å². The minimum absolute atomic E-state index is 0.189. The summed E-state index contributed by atoms with van der Waals surface area (Å²) < 4.78 is 0. The van der Waals surface area contributed by atoms with Crippen molar-refractivity contribution in [2.24, 2.45) is 17.6 Å². The Kier molecular flexibility index (Phi) is 4.84. The molecule has 0 aliphatic heterocycles. The van der Waals surface area contributed by atoms with Gasteiger partial charge < -0.3 is 11.1 Å². The molecule has 2 rings (SSSR count). The summed E-state index contributed by atoms with van der Waals surface area (Å²) in [6.07, 6.45) is 11.0. The lowest BCUT2D eigenvalue weighted by atomic mass is 10.0. The van der Waals surface area contributed by atoms with Gasteiger partial charge in [-0.3, -0.25) is 4.79 Å². The Labute approximate surface area is 105 Å². The standard InChI is InChI=1S/C14H26N2O/c15-13(12-8-9-12)10-16-14(17)7-3-6-11-4-1-2-5-11/h11-13H,1-10,15H2,(H,16,17). The molecule has 0 aromatic rings. The lowest BCUT2D eigenvalue weighted by Crippen LogP contribution is -2.38. The van der Waals surface area contributed by atoms with Crippen LogP contribution < -0.4 is 11.1 Å². The molecular formula is C14H26N2O. The molecule has 0 spiro atoms. The lowest BCUT2D eigenvalue weighted by Gasteiger charge is -2.12. The Bertz CT molecular complexity index is 245. The van der Waals surface area contributed by atoms with Crippen LogP contribution in [-0.2, 0) is 4.79 Å². The number of rotatable bonds is 7. The fraction of sp³-hybridized carbons (Fsp3) is 0.929. The van der Waals surface area contributed by atoms with Crippen molar-refractivity contribution in [1.82, 2.24) is 5.32 Å². The van der Waals surface area contributed by atoms with Crippen LogP contribution in [0.3, 0.4) is 0 Å². The molecule has 1 amide bonds. The van der Waals surface area contributed by atoms with Gasteiger partial charge in [0.1, 0.15) is 0 Å². The van der Waals surface area contributed by atoms with E-state index in [0.29, 0.717) is 18.9 Å². The highest BCUT2D eigenvalue weighted by Crippen LogP contribution is 2.31. The van der Waals surface area contributed by atoms with Crippen molar-refractivity contribution >= 4 is 5.91 Å². The van der Waals surface area contributed by atoms with Gasteiger partial charge in [0.15, 0.2) is 0 Å². The number of carbonyl (C=O) groups excluding carboxylic acids is 1. The van der Waals surface area contributed by atoms with E-state index in [0.717, 1.165) is 12.3 Å². The topological polar surface area (TPSA) is 55.1 Å². The zero-order valence-corrected chi connectivity index (χ0v) is 10.8. The lowest BCUT2D eigenvalue weighted by molar-refractivity contribution is -0.121. The second kappa shape index (κ2) is 6.39. The van der Waals surface area contributed by atoms with Crippen LogP contribution in [-0.4, -0.2) is 18.5 Å². The maximum absolute atomic E-state index is 11.6. The van der Waals surface area contributed by atoms with E-state index in [1.165, 1.54) is 44.9 Å². The largest absolute Gasteiger partial charge is 0.355 e. The van der Waals surface area contributed by atoms with Gasteiger partial charge in [0, 0.05) is 19.0 Å². The molecule has 3 nitrogen and oxygen atoms in total. The Morgan fingerprint density at radius 3 is 2.59 bits per heavy atom. The molecule has 0 heterocycles. The number of nitrogens with one attached hydrogen (secondary N) is 1. The predicted octanol–water partition coefficient (Wildman–Crippen LogP) is 2.20. The SMILES string of the molecule is NC(CNC(=O)CCCC1CCCC1)C1CC1. The molecule has 0 aromatic carbocycles. The van der Waals surface area contributed by atoms with Crippen molar-refractivity contribution in [1.29, 1.82) is 0 Å². The summed E-state index contributed by atoms with van der Waals surface area (Å²) in [5.74, 6) is 1.77. The second-order valence-electron chi connectivity index (χ2n) is 5.85. The molecule has 0 aromatic heterocycles. The monoisotopic (exact) mass is 238 g/mol. The van der Waals surface area contributed by atoms with E-state index >= 15 is 0 Å². The van der Waals surface area contributed by atoms with E-state index in [1.807, 2.05) is 0 Å². The molecule has 1 atom stereocenters. The second-order valence-corrected chi connectivity index (χ2v) is 5.85. The van der Waals surface area contributed by atoms with E-state index in [-0.39, 0.29) is 11.9 Å². The van der Waals surface area contributed by atoms with E-state index < -0.39 is 0 Å². The summed E-state index contributed by atoms with van der Waals surface area (Å²) in [4.78, 5) is 11.6. The Morgan fingerprint density at radius 2 is 1.94 bits per heavy atom. The molecule has 2 fully saturated rings. The molecule has 0 radical (unpaired) electrons. The maximum atomic E-state index is 11.6. The summed E-state index contributed by atoms with van der Waals surface area (Å²) in [5.41, 5.74) is 5.94. The number of nitrogens with two attached hydrogens (primary N) is 1. The van der Waals surface area contributed by atoms with E-state index in [1.54, 1.807) is 0 Å². The van der Waals surface area contributed by atoms with Gasteiger partial charge in [0.2, 0.25) is 5.91 Å². The fourth-order valence-electron chi connectivity index (χ4n) is 2.86. The van der Waals surface area contributed by atoms with E-state index in [4.69, 9.17) is 5.73 Å². The zero-order valence-electron chi connectivity index (χ0n) is 10.8. The van der Waals surface area contributed by atoms with Crippen LogP contribution >= 0.6 is 0 Å². The third-order valence-electron chi connectivity index (χ3n) is 4.25. The molecule has 0 saturated heterocycles. The molecular weight excluding hydrogens is 212 g/mol. The molecule has 2 aliphatic rings. The Balaban J connectivity index is 1.48. The van der Waals surface area contributed by atoms with E-state index in [9.17, 15) is 4.79 Å². The van der Waals surface area contributed by atoms with Gasteiger partial charge in [-0.05, 0) is 37.5 Å². The highest BCUT2D eigenvalue weighted by molar-refractivity contribution is 5.75. The number of hydrogen-bond donors (Lipinski definition) is 2. The first kappa shape index (κ1) is 12.9. The summed E-state index contributed by atoms with van der Waals surface area (Å²) in [5, 5.41) is 2.97. The van der Waals surface area contributed by atoms with Crippen LogP contribution in [0.25, 0.3) is 0 Å². The minimum atomic E-state index is 0.189. The van der Waals surface area contributed by atoms with Gasteiger partial charge >= 0.3 is 0 Å². The van der Waals surface area contributed by atoms with Gasteiger partial charge in [0.05, 0.1) is 0 Å². The molecule has 98 valence electrons. The average molecular weight is 238 g/mol. The first-order valence-corrected chi connectivity index (χ1v) is 7.28. The third-order valence-corrected chi connectivity index (χ3v) is 4.25. The molecule has 3 heteroatoms. The quantitative estimate of drug-likeness (QED) is 0.714. The van der Waals surface area contributed by atoms with Gasteiger partial charge in [-0.2, -0.15) is 0 Å². The van der Waals surface area contributed by atoms with Crippen molar-refractivity contribution in [2.45, 2.75) is 63.8 Å². The normalized spacial score (nSPS) is 22.6. The summed E-state index contributed by atoms with van der Waals surface area (Å²) >= 11 is 0. The Hall–Kier alpha value is -0.570. The smallest absolute Gasteiger partial charge is 0.220 e. The molecule has 17 heavy (non-hydrogen) atoms. The summed E-state index contributed by atoms with van der Waals surface area (Å²) in [7, 11) is 0.